The predicted molar refractivity (Wildman–Crippen MR) is 123 cm³/mol. The highest BCUT2D eigenvalue weighted by molar-refractivity contribution is 6.52. The largest absolute Gasteiger partial charge is 0.323 e. The molecule has 0 saturated heterocycles. The van der Waals surface area contributed by atoms with E-state index in [2.05, 4.69) is 62.1 Å². The van der Waals surface area contributed by atoms with E-state index in [9.17, 15) is 0 Å². The van der Waals surface area contributed by atoms with Gasteiger partial charge in [0.1, 0.15) is 0 Å². The summed E-state index contributed by atoms with van der Waals surface area (Å²) < 4.78 is 0. The molecule has 4 rings (SSSR count). The van der Waals surface area contributed by atoms with Crippen molar-refractivity contribution < 1.29 is 0 Å². The van der Waals surface area contributed by atoms with Crippen LogP contribution in [-0.4, -0.2) is 24.1 Å². The highest BCUT2D eigenvalue weighted by Gasteiger charge is 2.25. The van der Waals surface area contributed by atoms with Crippen molar-refractivity contribution in [1.82, 2.24) is 0 Å². The molecule has 4 nitrogen and oxygen atoms in total. The summed E-state index contributed by atoms with van der Waals surface area (Å²) in [4.78, 5) is 16.7. The van der Waals surface area contributed by atoms with Crippen LogP contribution in [0.4, 0.5) is 11.4 Å². The van der Waals surface area contributed by atoms with Crippen LogP contribution in [0.25, 0.3) is 0 Å². The van der Waals surface area contributed by atoms with E-state index in [0.29, 0.717) is 11.7 Å². The topological polar surface area (TPSA) is 40.3 Å². The standard InChI is InChI=1S/C25H24N4/c1-4-29(22-16-12-19(3)13-17-22)25-24(26-21-14-10-18(2)11-15-21)27-23(28-25)20-8-6-5-7-9-20/h5-17H,4H2,1-3H3. The molecule has 0 spiro atoms. The fourth-order valence-electron chi connectivity index (χ4n) is 3.22. The van der Waals surface area contributed by atoms with Crippen molar-refractivity contribution in [2.45, 2.75) is 20.8 Å². The number of likely N-dealkylation sites (N-methyl/N-ethyl adjacent to an activating group) is 1. The van der Waals surface area contributed by atoms with Gasteiger partial charge < -0.3 is 4.90 Å². The average molecular weight is 380 g/mol. The first kappa shape index (κ1) is 18.8. The Hall–Kier alpha value is -3.53. The number of amidine groups is 3. The Morgan fingerprint density at radius 1 is 0.759 bits per heavy atom. The molecule has 0 saturated carbocycles. The van der Waals surface area contributed by atoms with E-state index >= 15 is 0 Å². The molecule has 0 unspecified atom stereocenters. The van der Waals surface area contributed by atoms with E-state index in [-0.39, 0.29) is 0 Å². The first-order valence-electron chi connectivity index (χ1n) is 9.87. The number of nitrogens with zero attached hydrogens (tertiary/aromatic N) is 4. The molecule has 0 atom stereocenters. The molecule has 0 fully saturated rings. The van der Waals surface area contributed by atoms with Gasteiger partial charge in [0, 0.05) is 17.8 Å². The summed E-state index contributed by atoms with van der Waals surface area (Å²) in [5.74, 6) is 2.10. The molecule has 0 radical (unpaired) electrons. The zero-order valence-corrected chi connectivity index (χ0v) is 17.0. The second-order valence-corrected chi connectivity index (χ2v) is 7.09. The quantitative estimate of drug-likeness (QED) is 0.571. The molecular formula is C25H24N4. The lowest BCUT2D eigenvalue weighted by Gasteiger charge is -2.22. The number of hydrogen-bond acceptors (Lipinski definition) is 3. The molecule has 3 aromatic rings. The van der Waals surface area contributed by atoms with Gasteiger partial charge >= 0.3 is 0 Å². The van der Waals surface area contributed by atoms with E-state index in [4.69, 9.17) is 15.0 Å². The van der Waals surface area contributed by atoms with Crippen molar-refractivity contribution in [3.8, 4) is 0 Å². The minimum atomic E-state index is 0.634. The molecule has 1 aliphatic rings. The van der Waals surface area contributed by atoms with E-state index in [1.54, 1.807) is 0 Å². The number of aliphatic imine (C=N–C) groups is 3. The van der Waals surface area contributed by atoms with Crippen molar-refractivity contribution in [3.63, 3.8) is 0 Å². The minimum absolute atomic E-state index is 0.634. The Bertz CT molecular complexity index is 1080. The monoisotopic (exact) mass is 380 g/mol. The second kappa shape index (κ2) is 8.23. The predicted octanol–water partition coefficient (Wildman–Crippen LogP) is 5.72. The molecule has 144 valence electrons. The van der Waals surface area contributed by atoms with Gasteiger partial charge in [-0.2, -0.15) is 0 Å². The van der Waals surface area contributed by atoms with Crippen LogP contribution in [-0.2, 0) is 0 Å². The zero-order chi connectivity index (χ0) is 20.2. The van der Waals surface area contributed by atoms with Gasteiger partial charge in [0.05, 0.1) is 5.69 Å². The van der Waals surface area contributed by atoms with Crippen LogP contribution in [0, 0.1) is 13.8 Å². The van der Waals surface area contributed by atoms with Gasteiger partial charge in [0.15, 0.2) is 17.5 Å². The van der Waals surface area contributed by atoms with Gasteiger partial charge in [-0.15, -0.1) is 0 Å². The Kier molecular flexibility index (Phi) is 5.34. The third kappa shape index (κ3) is 4.16. The molecule has 29 heavy (non-hydrogen) atoms. The first-order chi connectivity index (χ1) is 14.1. The van der Waals surface area contributed by atoms with Crippen molar-refractivity contribution in [1.29, 1.82) is 0 Å². The molecular weight excluding hydrogens is 356 g/mol. The highest BCUT2D eigenvalue weighted by Crippen LogP contribution is 2.22. The van der Waals surface area contributed by atoms with E-state index in [0.717, 1.165) is 29.3 Å². The van der Waals surface area contributed by atoms with Crippen molar-refractivity contribution in [2.24, 2.45) is 15.0 Å². The number of rotatable bonds is 4. The Labute approximate surface area is 172 Å². The number of anilines is 1. The fourth-order valence-corrected chi connectivity index (χ4v) is 3.22. The Morgan fingerprint density at radius 3 is 2.00 bits per heavy atom. The van der Waals surface area contributed by atoms with Crippen LogP contribution in [0.1, 0.15) is 23.6 Å². The molecule has 0 aromatic heterocycles. The van der Waals surface area contributed by atoms with E-state index in [1.165, 1.54) is 11.1 Å². The van der Waals surface area contributed by atoms with Crippen LogP contribution in [0.2, 0.25) is 0 Å². The van der Waals surface area contributed by atoms with Gasteiger partial charge in [0.2, 0.25) is 0 Å². The molecule has 4 heteroatoms. The van der Waals surface area contributed by atoms with Gasteiger partial charge in [-0.25, -0.2) is 15.0 Å². The van der Waals surface area contributed by atoms with Crippen LogP contribution in [0.15, 0.2) is 93.8 Å². The summed E-state index contributed by atoms with van der Waals surface area (Å²) in [5.41, 5.74) is 5.37. The number of aryl methyl sites for hydroxylation is 2. The Balaban J connectivity index is 1.79. The highest BCUT2D eigenvalue weighted by atomic mass is 15.3. The van der Waals surface area contributed by atoms with E-state index < -0.39 is 0 Å². The molecule has 0 amide bonds. The summed E-state index contributed by atoms with van der Waals surface area (Å²) in [5, 5.41) is 0. The SMILES string of the molecule is CCN(C1=NC(c2ccccc2)=NC1=Nc1ccc(C)cc1)c1ccc(C)cc1. The molecule has 1 aliphatic heterocycles. The maximum atomic E-state index is 4.89. The molecule has 0 bridgehead atoms. The van der Waals surface area contributed by atoms with Crippen molar-refractivity contribution >= 4 is 28.9 Å². The van der Waals surface area contributed by atoms with Crippen molar-refractivity contribution in [2.75, 3.05) is 11.4 Å². The maximum Gasteiger partial charge on any atom is 0.198 e. The van der Waals surface area contributed by atoms with Crippen LogP contribution < -0.4 is 4.90 Å². The zero-order valence-electron chi connectivity index (χ0n) is 17.0. The minimum Gasteiger partial charge on any atom is -0.323 e. The smallest absolute Gasteiger partial charge is 0.198 e. The Morgan fingerprint density at radius 2 is 1.38 bits per heavy atom. The molecule has 0 N–H and O–H groups in total. The van der Waals surface area contributed by atoms with Gasteiger partial charge in [0.25, 0.3) is 0 Å². The summed E-state index contributed by atoms with van der Waals surface area (Å²) in [7, 11) is 0. The van der Waals surface area contributed by atoms with Crippen LogP contribution in [0.5, 0.6) is 0 Å². The molecule has 0 aliphatic carbocycles. The van der Waals surface area contributed by atoms with Crippen molar-refractivity contribution in [3.05, 3.63) is 95.6 Å². The number of hydrogen-bond donors (Lipinski definition) is 0. The number of benzene rings is 3. The summed E-state index contributed by atoms with van der Waals surface area (Å²) in [6.07, 6.45) is 0. The van der Waals surface area contributed by atoms with Gasteiger partial charge in [-0.05, 0) is 45.0 Å². The second-order valence-electron chi connectivity index (χ2n) is 7.09. The lowest BCUT2D eigenvalue weighted by atomic mass is 10.2. The van der Waals surface area contributed by atoms with Gasteiger partial charge in [-0.1, -0.05) is 65.7 Å². The summed E-state index contributed by atoms with van der Waals surface area (Å²) in [6.45, 7) is 7.05. The normalized spacial score (nSPS) is 14.7. The lowest BCUT2D eigenvalue weighted by molar-refractivity contribution is 1.06. The molecule has 3 aromatic carbocycles. The van der Waals surface area contributed by atoms with Gasteiger partial charge in [-0.3, -0.25) is 0 Å². The fraction of sp³-hybridized carbons (Fsp3) is 0.160. The lowest BCUT2D eigenvalue weighted by Crippen LogP contribution is -2.34. The first-order valence-corrected chi connectivity index (χ1v) is 9.87. The van der Waals surface area contributed by atoms with E-state index in [1.807, 2.05) is 42.5 Å². The summed E-state index contributed by atoms with van der Waals surface area (Å²) in [6, 6.07) is 26.7. The third-order valence-corrected chi connectivity index (χ3v) is 4.84. The van der Waals surface area contributed by atoms with Crippen LogP contribution in [0.3, 0.4) is 0 Å². The summed E-state index contributed by atoms with van der Waals surface area (Å²) >= 11 is 0. The average Bonchev–Trinajstić information content (AvgIpc) is 3.16. The molecule has 1 heterocycles. The maximum absolute atomic E-state index is 4.89. The third-order valence-electron chi connectivity index (χ3n) is 4.84. The van der Waals surface area contributed by atoms with Crippen LogP contribution >= 0.6 is 0 Å².